The van der Waals surface area contributed by atoms with Gasteiger partial charge in [-0.1, -0.05) is 36.7 Å². The van der Waals surface area contributed by atoms with Crippen molar-refractivity contribution in [2.75, 3.05) is 13.3 Å². The highest BCUT2D eigenvalue weighted by molar-refractivity contribution is 6.30. The zero-order chi connectivity index (χ0) is 21.5. The Bertz CT molecular complexity index is 903. The first-order valence-electron chi connectivity index (χ1n) is 10.2. The Labute approximate surface area is 182 Å². The van der Waals surface area contributed by atoms with Gasteiger partial charge in [0.15, 0.2) is 11.5 Å². The SMILES string of the molecule is CCCNC(=O)C(C)N(Cc1cccc(Cl)c1)C(=O)CCc1ccc2c(c1)OCO2. The first-order chi connectivity index (χ1) is 14.5. The zero-order valence-electron chi connectivity index (χ0n) is 17.3. The summed E-state index contributed by atoms with van der Waals surface area (Å²) in [5.74, 6) is 1.17. The summed E-state index contributed by atoms with van der Waals surface area (Å²) < 4.78 is 10.7. The lowest BCUT2D eigenvalue weighted by molar-refractivity contribution is -0.140. The normalized spacial score (nSPS) is 13.0. The molecule has 160 valence electrons. The number of fused-ring (bicyclic) bond motifs is 1. The lowest BCUT2D eigenvalue weighted by Crippen LogP contribution is -2.47. The molecule has 0 spiro atoms. The predicted octanol–water partition coefficient (Wildman–Crippen LogP) is 3.94. The Morgan fingerprint density at radius 2 is 1.93 bits per heavy atom. The molecule has 1 heterocycles. The van der Waals surface area contributed by atoms with Crippen molar-refractivity contribution in [1.82, 2.24) is 10.2 Å². The van der Waals surface area contributed by atoms with Crippen molar-refractivity contribution in [2.24, 2.45) is 0 Å². The minimum absolute atomic E-state index is 0.0909. The first kappa shape index (κ1) is 22.0. The number of carbonyl (C=O) groups is 2. The summed E-state index contributed by atoms with van der Waals surface area (Å²) in [7, 11) is 0. The molecular weight excluding hydrogens is 404 g/mol. The summed E-state index contributed by atoms with van der Waals surface area (Å²) in [4.78, 5) is 27.3. The molecule has 2 aromatic carbocycles. The van der Waals surface area contributed by atoms with E-state index >= 15 is 0 Å². The van der Waals surface area contributed by atoms with Crippen molar-refractivity contribution in [3.05, 3.63) is 58.6 Å². The van der Waals surface area contributed by atoms with Crippen LogP contribution in [0.5, 0.6) is 11.5 Å². The summed E-state index contributed by atoms with van der Waals surface area (Å²) in [6, 6.07) is 12.4. The van der Waals surface area contributed by atoms with Gasteiger partial charge < -0.3 is 19.7 Å². The number of nitrogens with zero attached hydrogens (tertiary/aromatic N) is 1. The summed E-state index contributed by atoms with van der Waals surface area (Å²) in [5.41, 5.74) is 1.87. The molecule has 1 aliphatic rings. The van der Waals surface area contributed by atoms with E-state index in [1.54, 1.807) is 17.9 Å². The molecular formula is C23H27ClN2O4. The van der Waals surface area contributed by atoms with E-state index in [0.29, 0.717) is 36.0 Å². The highest BCUT2D eigenvalue weighted by Gasteiger charge is 2.26. The number of nitrogens with one attached hydrogen (secondary N) is 1. The zero-order valence-corrected chi connectivity index (χ0v) is 18.1. The van der Waals surface area contributed by atoms with E-state index in [9.17, 15) is 9.59 Å². The van der Waals surface area contributed by atoms with Gasteiger partial charge in [0.05, 0.1) is 0 Å². The highest BCUT2D eigenvalue weighted by Crippen LogP contribution is 2.32. The van der Waals surface area contributed by atoms with E-state index in [2.05, 4.69) is 5.32 Å². The molecule has 7 heteroatoms. The number of hydrogen-bond donors (Lipinski definition) is 1. The summed E-state index contributed by atoms with van der Waals surface area (Å²) in [6.07, 6.45) is 1.67. The van der Waals surface area contributed by atoms with E-state index < -0.39 is 6.04 Å². The van der Waals surface area contributed by atoms with Gasteiger partial charge in [0.1, 0.15) is 6.04 Å². The van der Waals surface area contributed by atoms with E-state index in [-0.39, 0.29) is 25.0 Å². The molecule has 1 N–H and O–H groups in total. The Morgan fingerprint density at radius 3 is 2.70 bits per heavy atom. The Morgan fingerprint density at radius 1 is 1.13 bits per heavy atom. The summed E-state index contributed by atoms with van der Waals surface area (Å²) in [6.45, 7) is 4.87. The van der Waals surface area contributed by atoms with Crippen molar-refractivity contribution < 1.29 is 19.1 Å². The van der Waals surface area contributed by atoms with Crippen LogP contribution < -0.4 is 14.8 Å². The maximum absolute atomic E-state index is 13.1. The van der Waals surface area contributed by atoms with Crippen LogP contribution in [0.15, 0.2) is 42.5 Å². The predicted molar refractivity (Wildman–Crippen MR) is 116 cm³/mol. The van der Waals surface area contributed by atoms with Crippen LogP contribution in [0.25, 0.3) is 0 Å². The van der Waals surface area contributed by atoms with Gasteiger partial charge in [-0.15, -0.1) is 0 Å². The number of hydrogen-bond acceptors (Lipinski definition) is 4. The van der Waals surface area contributed by atoms with Gasteiger partial charge in [-0.25, -0.2) is 0 Å². The maximum atomic E-state index is 13.1. The van der Waals surface area contributed by atoms with Gasteiger partial charge in [0, 0.05) is 24.5 Å². The fraction of sp³-hybridized carbons (Fsp3) is 0.391. The Hall–Kier alpha value is -2.73. The van der Waals surface area contributed by atoms with E-state index in [1.807, 2.05) is 43.3 Å². The van der Waals surface area contributed by atoms with E-state index in [4.69, 9.17) is 21.1 Å². The quantitative estimate of drug-likeness (QED) is 0.654. The highest BCUT2D eigenvalue weighted by atomic mass is 35.5. The van der Waals surface area contributed by atoms with Crippen LogP contribution in [0.3, 0.4) is 0 Å². The maximum Gasteiger partial charge on any atom is 0.242 e. The molecule has 1 unspecified atom stereocenters. The average molecular weight is 431 g/mol. The summed E-state index contributed by atoms with van der Waals surface area (Å²) >= 11 is 6.10. The number of aryl methyl sites for hydroxylation is 1. The molecule has 0 saturated heterocycles. The molecule has 1 atom stereocenters. The monoisotopic (exact) mass is 430 g/mol. The molecule has 3 rings (SSSR count). The third kappa shape index (κ3) is 5.66. The van der Waals surface area contributed by atoms with Gasteiger partial charge in [-0.3, -0.25) is 9.59 Å². The molecule has 2 aromatic rings. The molecule has 0 saturated carbocycles. The van der Waals surface area contributed by atoms with Crippen LogP contribution in [0.4, 0.5) is 0 Å². The van der Waals surface area contributed by atoms with Crippen molar-refractivity contribution in [3.63, 3.8) is 0 Å². The number of halogens is 1. The second-order valence-corrected chi connectivity index (χ2v) is 7.74. The molecule has 1 aliphatic heterocycles. The average Bonchev–Trinajstić information content (AvgIpc) is 3.21. The molecule has 30 heavy (non-hydrogen) atoms. The number of rotatable bonds is 9. The van der Waals surface area contributed by atoms with Gasteiger partial charge in [-0.05, 0) is 55.2 Å². The smallest absolute Gasteiger partial charge is 0.242 e. The largest absolute Gasteiger partial charge is 0.454 e. The van der Waals surface area contributed by atoms with Crippen molar-refractivity contribution in [3.8, 4) is 11.5 Å². The van der Waals surface area contributed by atoms with Crippen LogP contribution in [0.2, 0.25) is 5.02 Å². The topological polar surface area (TPSA) is 67.9 Å². The number of amides is 2. The van der Waals surface area contributed by atoms with Crippen molar-refractivity contribution in [1.29, 1.82) is 0 Å². The molecule has 6 nitrogen and oxygen atoms in total. The van der Waals surface area contributed by atoms with Gasteiger partial charge >= 0.3 is 0 Å². The summed E-state index contributed by atoms with van der Waals surface area (Å²) in [5, 5.41) is 3.48. The first-order valence-corrected chi connectivity index (χ1v) is 10.6. The minimum Gasteiger partial charge on any atom is -0.454 e. The van der Waals surface area contributed by atoms with E-state index in [0.717, 1.165) is 17.5 Å². The van der Waals surface area contributed by atoms with Crippen molar-refractivity contribution >= 4 is 23.4 Å². The Balaban J connectivity index is 1.70. The third-order valence-corrected chi connectivity index (χ3v) is 5.26. The van der Waals surface area contributed by atoms with Crippen LogP contribution >= 0.6 is 11.6 Å². The molecule has 0 aromatic heterocycles. The third-order valence-electron chi connectivity index (χ3n) is 5.02. The fourth-order valence-corrected chi connectivity index (χ4v) is 3.51. The second-order valence-electron chi connectivity index (χ2n) is 7.31. The molecule has 0 bridgehead atoms. The number of carbonyl (C=O) groups excluding carboxylic acids is 2. The van der Waals surface area contributed by atoms with E-state index in [1.165, 1.54) is 0 Å². The lowest BCUT2D eigenvalue weighted by atomic mass is 10.1. The fourth-order valence-electron chi connectivity index (χ4n) is 3.30. The van der Waals surface area contributed by atoms with Crippen LogP contribution in [-0.4, -0.2) is 36.1 Å². The number of benzene rings is 2. The molecule has 0 fully saturated rings. The van der Waals surface area contributed by atoms with Crippen LogP contribution in [-0.2, 0) is 22.6 Å². The molecule has 2 amide bonds. The number of ether oxygens (including phenoxy) is 2. The van der Waals surface area contributed by atoms with Gasteiger partial charge in [-0.2, -0.15) is 0 Å². The second kappa shape index (κ2) is 10.3. The molecule has 0 aliphatic carbocycles. The van der Waals surface area contributed by atoms with Crippen LogP contribution in [0, 0.1) is 0 Å². The van der Waals surface area contributed by atoms with Crippen molar-refractivity contribution in [2.45, 2.75) is 45.7 Å². The molecule has 0 radical (unpaired) electrons. The van der Waals surface area contributed by atoms with Gasteiger partial charge in [0.25, 0.3) is 0 Å². The minimum atomic E-state index is -0.584. The lowest BCUT2D eigenvalue weighted by Gasteiger charge is -2.29. The standard InChI is InChI=1S/C23H27ClN2O4/c1-3-11-25-23(28)16(2)26(14-18-5-4-6-19(24)12-18)22(27)10-8-17-7-9-20-21(13-17)30-15-29-20/h4-7,9,12-13,16H,3,8,10-11,14-15H2,1-2H3,(H,25,28). The Kier molecular flexibility index (Phi) is 7.57. The van der Waals surface area contributed by atoms with Crippen LogP contribution in [0.1, 0.15) is 37.8 Å². The van der Waals surface area contributed by atoms with Gasteiger partial charge in [0.2, 0.25) is 18.6 Å².